The summed E-state index contributed by atoms with van der Waals surface area (Å²) in [7, 11) is 0. The second kappa shape index (κ2) is 7.94. The van der Waals surface area contributed by atoms with Crippen molar-refractivity contribution < 1.29 is 4.39 Å². The fourth-order valence-corrected chi connectivity index (χ4v) is 3.41. The summed E-state index contributed by atoms with van der Waals surface area (Å²) in [5.74, 6) is -0.276. The summed E-state index contributed by atoms with van der Waals surface area (Å²) in [6, 6.07) is 15.9. The Balaban J connectivity index is 1.73. The van der Waals surface area contributed by atoms with E-state index >= 15 is 0 Å². The lowest BCUT2D eigenvalue weighted by Crippen LogP contribution is -2.17. The average molecular weight is 404 g/mol. The molecule has 0 spiro atoms. The van der Waals surface area contributed by atoms with Gasteiger partial charge in [0.25, 0.3) is 0 Å². The Bertz CT molecular complexity index is 1140. The van der Waals surface area contributed by atoms with Gasteiger partial charge in [0.05, 0.1) is 17.6 Å². The SMILES string of the molecule is C=C1C=CC(c2ccnn2-c2ccc(F)cc2)=CN1/C(=C\C)c1ccc(Cl)cc1. The van der Waals surface area contributed by atoms with Crippen LogP contribution in [0.2, 0.25) is 5.02 Å². The highest BCUT2D eigenvalue weighted by Crippen LogP contribution is 2.32. The fourth-order valence-electron chi connectivity index (χ4n) is 3.28. The first-order chi connectivity index (χ1) is 14.1. The average Bonchev–Trinajstić information content (AvgIpc) is 3.21. The van der Waals surface area contributed by atoms with Gasteiger partial charge in [0, 0.05) is 28.2 Å². The first-order valence-corrected chi connectivity index (χ1v) is 9.55. The number of hydrogen-bond donors (Lipinski definition) is 0. The Morgan fingerprint density at radius 3 is 2.45 bits per heavy atom. The molecule has 0 unspecified atom stereocenters. The zero-order valence-electron chi connectivity index (χ0n) is 15.9. The molecule has 2 aromatic carbocycles. The molecule has 4 rings (SSSR count). The number of allylic oxidation sites excluding steroid dienone is 4. The summed E-state index contributed by atoms with van der Waals surface area (Å²) in [6.45, 7) is 6.17. The molecule has 1 aliphatic heterocycles. The van der Waals surface area contributed by atoms with Crippen LogP contribution in [0.25, 0.3) is 17.0 Å². The largest absolute Gasteiger partial charge is 0.317 e. The normalized spacial score (nSPS) is 14.3. The van der Waals surface area contributed by atoms with E-state index in [1.165, 1.54) is 12.1 Å². The molecule has 0 radical (unpaired) electrons. The standard InChI is InChI=1S/C24H19ClFN3/c1-3-23(18-6-8-20(25)9-7-18)28-16-19(5-4-17(28)2)24-14-15-27-29(24)22-12-10-21(26)11-13-22/h3-16H,2H2,1H3/b23-3-. The molecule has 3 aromatic rings. The molecule has 0 saturated heterocycles. The quantitative estimate of drug-likeness (QED) is 0.499. The van der Waals surface area contributed by atoms with Gasteiger partial charge in [-0.1, -0.05) is 36.4 Å². The second-order valence-electron chi connectivity index (χ2n) is 6.56. The van der Waals surface area contributed by atoms with Crippen molar-refractivity contribution in [1.29, 1.82) is 0 Å². The van der Waals surface area contributed by atoms with Crippen LogP contribution in [0, 0.1) is 5.82 Å². The molecule has 0 N–H and O–H groups in total. The molecule has 0 aliphatic carbocycles. The van der Waals surface area contributed by atoms with E-state index in [0.717, 1.165) is 33.9 Å². The highest BCUT2D eigenvalue weighted by Gasteiger charge is 2.18. The lowest BCUT2D eigenvalue weighted by atomic mass is 10.1. The van der Waals surface area contributed by atoms with Crippen LogP contribution in [0.1, 0.15) is 18.2 Å². The molecular formula is C24H19ClFN3. The summed E-state index contributed by atoms with van der Waals surface area (Å²) >= 11 is 6.04. The number of rotatable bonds is 4. The van der Waals surface area contributed by atoms with Gasteiger partial charge in [-0.05, 0) is 67.1 Å². The number of aromatic nitrogens is 2. The molecule has 0 atom stereocenters. The van der Waals surface area contributed by atoms with Gasteiger partial charge in [-0.25, -0.2) is 9.07 Å². The van der Waals surface area contributed by atoms with Crippen molar-refractivity contribution in [2.75, 3.05) is 0 Å². The van der Waals surface area contributed by atoms with Crippen LogP contribution < -0.4 is 0 Å². The van der Waals surface area contributed by atoms with Gasteiger partial charge in [-0.2, -0.15) is 5.10 Å². The minimum Gasteiger partial charge on any atom is -0.317 e. The third-order valence-corrected chi connectivity index (χ3v) is 4.97. The Kier molecular flexibility index (Phi) is 5.19. The van der Waals surface area contributed by atoms with Crippen LogP contribution >= 0.6 is 11.6 Å². The molecule has 1 aliphatic rings. The molecule has 0 bridgehead atoms. The first-order valence-electron chi connectivity index (χ1n) is 9.17. The molecule has 0 saturated carbocycles. The molecule has 5 heteroatoms. The monoisotopic (exact) mass is 403 g/mol. The fraction of sp³-hybridized carbons (Fsp3) is 0.0417. The van der Waals surface area contributed by atoms with Gasteiger partial charge >= 0.3 is 0 Å². The summed E-state index contributed by atoms with van der Waals surface area (Å²) < 4.78 is 15.1. The highest BCUT2D eigenvalue weighted by atomic mass is 35.5. The Morgan fingerprint density at radius 1 is 1.03 bits per heavy atom. The van der Waals surface area contributed by atoms with E-state index in [4.69, 9.17) is 11.6 Å². The lowest BCUT2D eigenvalue weighted by Gasteiger charge is -2.28. The van der Waals surface area contributed by atoms with Crippen LogP contribution in [0.3, 0.4) is 0 Å². The van der Waals surface area contributed by atoms with E-state index in [1.807, 2.05) is 66.6 Å². The maximum atomic E-state index is 13.3. The van der Waals surface area contributed by atoms with Crippen LogP contribution in [-0.2, 0) is 0 Å². The van der Waals surface area contributed by atoms with Gasteiger partial charge in [-0.15, -0.1) is 0 Å². The van der Waals surface area contributed by atoms with Gasteiger partial charge in [0.1, 0.15) is 5.82 Å². The van der Waals surface area contributed by atoms with Crippen LogP contribution in [0.15, 0.2) is 97.5 Å². The van der Waals surface area contributed by atoms with Gasteiger partial charge < -0.3 is 4.90 Å². The topological polar surface area (TPSA) is 21.1 Å². The van der Waals surface area contributed by atoms with E-state index in [9.17, 15) is 4.39 Å². The predicted molar refractivity (Wildman–Crippen MR) is 117 cm³/mol. The molecule has 3 nitrogen and oxygen atoms in total. The predicted octanol–water partition coefficient (Wildman–Crippen LogP) is 6.45. The van der Waals surface area contributed by atoms with Gasteiger partial charge in [-0.3, -0.25) is 0 Å². The van der Waals surface area contributed by atoms with E-state index in [1.54, 1.807) is 23.0 Å². The Hall–Kier alpha value is -3.37. The summed E-state index contributed by atoms with van der Waals surface area (Å²) in [6.07, 6.45) is 9.78. The number of benzene rings is 2. The second-order valence-corrected chi connectivity index (χ2v) is 7.00. The molecule has 2 heterocycles. The molecule has 1 aromatic heterocycles. The third kappa shape index (κ3) is 3.80. The van der Waals surface area contributed by atoms with Crippen LogP contribution in [0.5, 0.6) is 0 Å². The summed E-state index contributed by atoms with van der Waals surface area (Å²) in [5.41, 5.74) is 5.55. The van der Waals surface area contributed by atoms with Crippen molar-refractivity contribution in [1.82, 2.24) is 14.7 Å². The summed E-state index contributed by atoms with van der Waals surface area (Å²) in [4.78, 5) is 2.04. The maximum absolute atomic E-state index is 13.3. The Morgan fingerprint density at radius 2 is 1.76 bits per heavy atom. The third-order valence-electron chi connectivity index (χ3n) is 4.72. The molecule has 29 heavy (non-hydrogen) atoms. The molecular weight excluding hydrogens is 385 g/mol. The molecule has 0 amide bonds. The molecule has 0 fully saturated rings. The number of nitrogens with zero attached hydrogens (tertiary/aromatic N) is 3. The van der Waals surface area contributed by atoms with Crippen LogP contribution in [0.4, 0.5) is 4.39 Å². The maximum Gasteiger partial charge on any atom is 0.123 e. The van der Waals surface area contributed by atoms with Crippen molar-refractivity contribution in [3.63, 3.8) is 0 Å². The van der Waals surface area contributed by atoms with E-state index in [0.29, 0.717) is 5.02 Å². The van der Waals surface area contributed by atoms with E-state index in [2.05, 4.69) is 11.7 Å². The Labute approximate surface area is 174 Å². The lowest BCUT2D eigenvalue weighted by molar-refractivity contribution is 0.627. The van der Waals surface area contributed by atoms with Crippen molar-refractivity contribution >= 4 is 22.9 Å². The highest BCUT2D eigenvalue weighted by molar-refractivity contribution is 6.30. The zero-order chi connectivity index (χ0) is 20.4. The van der Waals surface area contributed by atoms with Crippen LogP contribution in [-0.4, -0.2) is 14.7 Å². The summed E-state index contributed by atoms with van der Waals surface area (Å²) in [5, 5.41) is 5.11. The molecule has 144 valence electrons. The smallest absolute Gasteiger partial charge is 0.123 e. The zero-order valence-corrected chi connectivity index (χ0v) is 16.6. The van der Waals surface area contributed by atoms with Crippen molar-refractivity contribution in [2.24, 2.45) is 0 Å². The van der Waals surface area contributed by atoms with Crippen molar-refractivity contribution in [3.8, 4) is 5.69 Å². The minimum absolute atomic E-state index is 0.276. The number of halogens is 2. The van der Waals surface area contributed by atoms with Crippen molar-refractivity contribution in [3.05, 3.63) is 120 Å². The van der Waals surface area contributed by atoms with Gasteiger partial charge in [0.2, 0.25) is 0 Å². The number of hydrogen-bond acceptors (Lipinski definition) is 2. The van der Waals surface area contributed by atoms with Crippen molar-refractivity contribution in [2.45, 2.75) is 6.92 Å². The minimum atomic E-state index is -0.276. The van der Waals surface area contributed by atoms with Gasteiger partial charge in [0.15, 0.2) is 0 Å². The van der Waals surface area contributed by atoms with E-state index in [-0.39, 0.29) is 5.82 Å². The first kappa shape index (κ1) is 19.0. The van der Waals surface area contributed by atoms with E-state index < -0.39 is 0 Å².